The van der Waals surface area contributed by atoms with Gasteiger partial charge in [-0.2, -0.15) is 0 Å². The monoisotopic (exact) mass is 138 g/mol. The van der Waals surface area contributed by atoms with Gasteiger partial charge in [0.15, 0.2) is 5.69 Å². The second-order valence-electron chi connectivity index (χ2n) is 1.57. The molecule has 10 heavy (non-hydrogen) atoms. The van der Waals surface area contributed by atoms with Crippen LogP contribution in [0.5, 0.6) is 0 Å². The van der Waals surface area contributed by atoms with Crippen molar-refractivity contribution in [1.29, 1.82) is 0 Å². The molecule has 0 N–H and O–H groups in total. The van der Waals surface area contributed by atoms with E-state index in [9.17, 15) is 0 Å². The molecule has 6 nitrogen and oxygen atoms in total. The van der Waals surface area contributed by atoms with Crippen LogP contribution in [0.1, 0.15) is 0 Å². The van der Waals surface area contributed by atoms with Crippen molar-refractivity contribution in [3.63, 3.8) is 0 Å². The van der Waals surface area contributed by atoms with Gasteiger partial charge in [-0.25, -0.2) is 4.63 Å². The Kier molecular flexibility index (Phi) is 0.970. The summed E-state index contributed by atoms with van der Waals surface area (Å²) in [7, 11) is 0. The minimum absolute atomic E-state index is 0.446. The average molecular weight is 138 g/mol. The molecule has 0 bridgehead atoms. The minimum atomic E-state index is 0.446. The van der Waals surface area contributed by atoms with Crippen molar-refractivity contribution in [2.45, 2.75) is 0 Å². The molecule has 50 valence electrons. The highest BCUT2D eigenvalue weighted by molar-refractivity contribution is 5.46. The molecule has 0 aliphatic heterocycles. The summed E-state index contributed by atoms with van der Waals surface area (Å²) in [5.41, 5.74) is 0.491. The zero-order valence-corrected chi connectivity index (χ0v) is 4.76. The predicted octanol–water partition coefficient (Wildman–Crippen LogP) is 0.120. The predicted molar refractivity (Wildman–Crippen MR) is 27.6 cm³/mol. The molecule has 0 aromatic carbocycles. The molecule has 0 saturated carbocycles. The smallest absolute Gasteiger partial charge is 0.210 e. The SMILES string of the molecule is c1nonc1-c1cnno1. The quantitative estimate of drug-likeness (QED) is 0.556. The van der Waals surface area contributed by atoms with Crippen LogP contribution in [-0.2, 0) is 0 Å². The first-order valence-corrected chi connectivity index (χ1v) is 2.52. The molecule has 2 heterocycles. The van der Waals surface area contributed by atoms with Crippen LogP contribution in [0.25, 0.3) is 11.5 Å². The number of nitrogens with zero attached hydrogens (tertiary/aromatic N) is 4. The maximum absolute atomic E-state index is 4.65. The zero-order valence-electron chi connectivity index (χ0n) is 4.76. The fourth-order valence-corrected chi connectivity index (χ4v) is 0.553. The van der Waals surface area contributed by atoms with E-state index >= 15 is 0 Å². The Bertz CT molecular complexity index is 255. The van der Waals surface area contributed by atoms with Crippen LogP contribution >= 0.6 is 0 Å². The molecule has 2 aromatic rings. The number of rotatable bonds is 1. The van der Waals surface area contributed by atoms with Crippen LogP contribution in [0.3, 0.4) is 0 Å². The maximum atomic E-state index is 4.65. The third-order valence-electron chi connectivity index (χ3n) is 0.975. The first-order valence-electron chi connectivity index (χ1n) is 2.52. The van der Waals surface area contributed by atoms with Gasteiger partial charge in [-0.1, -0.05) is 5.16 Å². The molecule has 6 heteroatoms. The third-order valence-corrected chi connectivity index (χ3v) is 0.975. The highest BCUT2D eigenvalue weighted by Crippen LogP contribution is 2.11. The lowest BCUT2D eigenvalue weighted by Crippen LogP contribution is -1.68. The summed E-state index contributed by atoms with van der Waals surface area (Å²) in [6.45, 7) is 0. The number of aromatic nitrogens is 4. The van der Waals surface area contributed by atoms with Crippen molar-refractivity contribution in [2.24, 2.45) is 0 Å². The highest BCUT2D eigenvalue weighted by Gasteiger charge is 2.05. The summed E-state index contributed by atoms with van der Waals surface area (Å²) in [5, 5.41) is 13.6. The lowest BCUT2D eigenvalue weighted by molar-refractivity contribution is 0.306. The Morgan fingerprint density at radius 1 is 1.30 bits per heavy atom. The molecule has 2 rings (SSSR count). The van der Waals surface area contributed by atoms with Crippen LogP contribution < -0.4 is 0 Å². The zero-order chi connectivity index (χ0) is 6.81. The van der Waals surface area contributed by atoms with Crippen molar-refractivity contribution in [3.8, 4) is 11.5 Å². The van der Waals surface area contributed by atoms with Gasteiger partial charge in [-0.15, -0.1) is 5.10 Å². The molecule has 0 saturated heterocycles. The largest absolute Gasteiger partial charge is 0.335 e. The molecule has 2 aromatic heterocycles. The molecule has 0 aliphatic carbocycles. The van der Waals surface area contributed by atoms with Crippen LogP contribution in [0, 0.1) is 0 Å². The molecular weight excluding hydrogens is 136 g/mol. The van der Waals surface area contributed by atoms with Crippen LogP contribution in [0.2, 0.25) is 0 Å². The Hall–Kier alpha value is -1.72. The van der Waals surface area contributed by atoms with Crippen molar-refractivity contribution in [3.05, 3.63) is 12.4 Å². The lowest BCUT2D eigenvalue weighted by Gasteiger charge is -1.75. The first kappa shape index (κ1) is 5.10. The normalized spacial score (nSPS) is 10.0. The summed E-state index contributed by atoms with van der Waals surface area (Å²) in [6.07, 6.45) is 2.85. The third kappa shape index (κ3) is 0.661. The van der Waals surface area contributed by atoms with Crippen LogP contribution in [0.4, 0.5) is 0 Å². The average Bonchev–Trinajstić information content (AvgIpc) is 2.59. The van der Waals surface area contributed by atoms with E-state index in [0.29, 0.717) is 11.5 Å². The van der Waals surface area contributed by atoms with Crippen molar-refractivity contribution in [2.75, 3.05) is 0 Å². The molecule has 0 unspecified atom stereocenters. The Balaban J connectivity index is 2.48. The van der Waals surface area contributed by atoms with Gasteiger partial charge in [0, 0.05) is 5.27 Å². The summed E-state index contributed by atoms with van der Waals surface area (Å²) >= 11 is 0. The molecule has 0 atom stereocenters. The summed E-state index contributed by atoms with van der Waals surface area (Å²) in [4.78, 5) is 0. The fourth-order valence-electron chi connectivity index (χ4n) is 0.553. The van der Waals surface area contributed by atoms with E-state index in [1.807, 2.05) is 0 Å². The van der Waals surface area contributed by atoms with Gasteiger partial charge >= 0.3 is 0 Å². The molecule has 0 aliphatic rings. The standard InChI is InChI=1S/C4H2N4O2/c1-3(7-10-6-1)4-2-5-8-9-4/h1-2H. The van der Waals surface area contributed by atoms with E-state index in [-0.39, 0.29) is 0 Å². The number of hydrogen-bond donors (Lipinski definition) is 0. The summed E-state index contributed by atoms with van der Waals surface area (Å²) < 4.78 is 8.98. The van der Waals surface area contributed by atoms with Gasteiger partial charge in [-0.3, -0.25) is 0 Å². The van der Waals surface area contributed by atoms with Crippen LogP contribution in [0.15, 0.2) is 21.5 Å². The maximum Gasteiger partial charge on any atom is 0.210 e. The molecular formula is C4H2N4O2. The van der Waals surface area contributed by atoms with E-state index in [2.05, 4.69) is 29.8 Å². The van der Waals surface area contributed by atoms with Crippen molar-refractivity contribution in [1.82, 2.24) is 20.7 Å². The lowest BCUT2D eigenvalue weighted by atomic mass is 10.4. The Morgan fingerprint density at radius 2 is 2.30 bits per heavy atom. The van der Waals surface area contributed by atoms with Crippen molar-refractivity contribution < 1.29 is 9.15 Å². The summed E-state index contributed by atoms with van der Waals surface area (Å²) in [6, 6.07) is 0. The molecule has 0 radical (unpaired) electrons. The second kappa shape index (κ2) is 1.90. The number of hydrogen-bond acceptors (Lipinski definition) is 6. The molecule has 0 spiro atoms. The van der Waals surface area contributed by atoms with Crippen LogP contribution in [-0.4, -0.2) is 20.7 Å². The Labute approximate surface area is 54.8 Å². The van der Waals surface area contributed by atoms with Gasteiger partial charge in [0.25, 0.3) is 0 Å². The van der Waals surface area contributed by atoms with Gasteiger partial charge in [0.05, 0.1) is 0 Å². The van der Waals surface area contributed by atoms with Gasteiger partial charge in [0.1, 0.15) is 12.4 Å². The Morgan fingerprint density at radius 3 is 2.90 bits per heavy atom. The topological polar surface area (TPSA) is 77.8 Å². The van der Waals surface area contributed by atoms with E-state index < -0.39 is 0 Å². The van der Waals surface area contributed by atoms with E-state index in [4.69, 9.17) is 0 Å². The molecule has 0 fully saturated rings. The van der Waals surface area contributed by atoms with E-state index in [1.165, 1.54) is 12.4 Å². The fraction of sp³-hybridized carbons (Fsp3) is 0. The van der Waals surface area contributed by atoms with Gasteiger partial charge < -0.3 is 4.52 Å². The van der Waals surface area contributed by atoms with E-state index in [0.717, 1.165) is 0 Å². The summed E-state index contributed by atoms with van der Waals surface area (Å²) in [5.74, 6) is 0.446. The first-order chi connectivity index (χ1) is 4.97. The highest BCUT2D eigenvalue weighted by atomic mass is 16.6. The minimum Gasteiger partial charge on any atom is -0.335 e. The second-order valence-corrected chi connectivity index (χ2v) is 1.57. The molecule has 0 amide bonds. The van der Waals surface area contributed by atoms with Crippen molar-refractivity contribution >= 4 is 0 Å². The van der Waals surface area contributed by atoms with Gasteiger partial charge in [-0.05, 0) is 5.16 Å². The van der Waals surface area contributed by atoms with E-state index in [1.54, 1.807) is 0 Å². The van der Waals surface area contributed by atoms with Gasteiger partial charge in [0.2, 0.25) is 5.76 Å².